The Balaban J connectivity index is 1.81. The molecule has 1 unspecified atom stereocenters. The van der Waals surface area contributed by atoms with Crippen LogP contribution in [0.15, 0.2) is 45.8 Å². The van der Waals surface area contributed by atoms with Gasteiger partial charge in [-0.05, 0) is 48.6 Å². The van der Waals surface area contributed by atoms with Crippen molar-refractivity contribution >= 4 is 37.5 Å². The number of carbonyl (C=O) groups is 1. The van der Waals surface area contributed by atoms with Crippen molar-refractivity contribution in [3.05, 3.63) is 57.6 Å². The van der Waals surface area contributed by atoms with Crippen molar-refractivity contribution in [1.82, 2.24) is 4.31 Å². The zero-order valence-corrected chi connectivity index (χ0v) is 17.7. The summed E-state index contributed by atoms with van der Waals surface area (Å²) in [5, 5.41) is 0. The highest BCUT2D eigenvalue weighted by Gasteiger charge is 2.38. The van der Waals surface area contributed by atoms with E-state index in [9.17, 15) is 13.2 Å². The molecule has 2 aromatic rings. The fourth-order valence-electron chi connectivity index (χ4n) is 4.17. The van der Waals surface area contributed by atoms with Gasteiger partial charge in [-0.2, -0.15) is 4.31 Å². The van der Waals surface area contributed by atoms with Crippen LogP contribution < -0.4 is 4.90 Å². The largest absolute Gasteiger partial charge is 0.308 e. The number of sulfonamides is 1. The van der Waals surface area contributed by atoms with Crippen LogP contribution in [0.3, 0.4) is 0 Å². The maximum Gasteiger partial charge on any atom is 0.245 e. The minimum Gasteiger partial charge on any atom is -0.308 e. The highest BCUT2D eigenvalue weighted by Crippen LogP contribution is 2.41. The van der Waals surface area contributed by atoms with Gasteiger partial charge in [0.05, 0.1) is 5.69 Å². The average molecular weight is 449 g/mol. The van der Waals surface area contributed by atoms with Gasteiger partial charge in [-0.15, -0.1) is 0 Å². The molecule has 1 amide bonds. The summed E-state index contributed by atoms with van der Waals surface area (Å²) in [5.41, 5.74) is 3.67. The summed E-state index contributed by atoms with van der Waals surface area (Å²) >= 11 is 3.45. The van der Waals surface area contributed by atoms with Crippen LogP contribution in [0.2, 0.25) is 0 Å². The molecule has 142 valence electrons. The first-order chi connectivity index (χ1) is 12.8. The Kier molecular flexibility index (Phi) is 4.64. The van der Waals surface area contributed by atoms with Crippen molar-refractivity contribution in [1.29, 1.82) is 0 Å². The molecule has 0 saturated heterocycles. The minimum absolute atomic E-state index is 0.0529. The lowest BCUT2D eigenvalue weighted by molar-refractivity contribution is -0.116. The molecule has 27 heavy (non-hydrogen) atoms. The predicted octanol–water partition coefficient (Wildman–Crippen LogP) is 3.49. The number of nitrogens with zero attached hydrogens (tertiary/aromatic N) is 2. The summed E-state index contributed by atoms with van der Waals surface area (Å²) < 4.78 is 29.3. The molecule has 0 radical (unpaired) electrons. The van der Waals surface area contributed by atoms with Gasteiger partial charge in [0, 0.05) is 30.5 Å². The van der Waals surface area contributed by atoms with Crippen molar-refractivity contribution in [2.24, 2.45) is 0 Å². The molecule has 4 rings (SSSR count). The molecule has 2 aromatic carbocycles. The monoisotopic (exact) mass is 448 g/mol. The Labute approximate surface area is 168 Å². The molecule has 2 aliphatic heterocycles. The molecule has 0 fully saturated rings. The van der Waals surface area contributed by atoms with Crippen LogP contribution in [0.5, 0.6) is 0 Å². The first-order valence-electron chi connectivity index (χ1n) is 8.98. The van der Waals surface area contributed by atoms with Crippen LogP contribution in [0.1, 0.15) is 30.5 Å². The number of anilines is 1. The second-order valence-corrected chi connectivity index (χ2v) is 10.0. The van der Waals surface area contributed by atoms with Crippen molar-refractivity contribution in [2.45, 2.75) is 44.2 Å². The Hall–Kier alpha value is -1.70. The second-order valence-electron chi connectivity index (χ2n) is 7.21. The Morgan fingerprint density at radius 3 is 2.56 bits per heavy atom. The van der Waals surface area contributed by atoms with Gasteiger partial charge in [0.2, 0.25) is 15.9 Å². The van der Waals surface area contributed by atoms with Gasteiger partial charge in [-0.25, -0.2) is 8.42 Å². The average Bonchev–Trinajstić information content (AvgIpc) is 2.96. The smallest absolute Gasteiger partial charge is 0.245 e. The molecule has 0 N–H and O–H groups in total. The summed E-state index contributed by atoms with van der Waals surface area (Å²) in [6, 6.07) is 11.4. The van der Waals surface area contributed by atoms with Gasteiger partial charge < -0.3 is 4.90 Å². The molecular formula is C20H21BrN2O3S. The normalized spacial score (nSPS) is 19.7. The van der Waals surface area contributed by atoms with Crippen molar-refractivity contribution < 1.29 is 13.2 Å². The van der Waals surface area contributed by atoms with E-state index in [2.05, 4.69) is 22.0 Å². The van der Waals surface area contributed by atoms with E-state index in [0.29, 0.717) is 31.6 Å². The van der Waals surface area contributed by atoms with Crippen LogP contribution in [-0.2, 0) is 34.2 Å². The molecule has 1 atom stereocenters. The van der Waals surface area contributed by atoms with E-state index in [-0.39, 0.29) is 16.8 Å². The number of carbonyl (C=O) groups excluding carboxylic acids is 1. The minimum atomic E-state index is -3.73. The number of fused-ring (bicyclic) bond motifs is 2. The fourth-order valence-corrected chi connectivity index (χ4v) is 6.49. The summed E-state index contributed by atoms with van der Waals surface area (Å²) in [6.45, 7) is 4.23. The molecule has 2 heterocycles. The lowest BCUT2D eigenvalue weighted by atomic mass is 10.0. The Bertz CT molecular complexity index is 1040. The van der Waals surface area contributed by atoms with Crippen LogP contribution in [0.25, 0.3) is 0 Å². The molecule has 2 aliphatic rings. The van der Waals surface area contributed by atoms with E-state index in [1.165, 1.54) is 16.8 Å². The van der Waals surface area contributed by atoms with E-state index >= 15 is 0 Å². The maximum absolute atomic E-state index is 13.6. The van der Waals surface area contributed by atoms with Crippen LogP contribution >= 0.6 is 15.9 Å². The van der Waals surface area contributed by atoms with E-state index in [4.69, 9.17) is 0 Å². The van der Waals surface area contributed by atoms with Gasteiger partial charge >= 0.3 is 0 Å². The van der Waals surface area contributed by atoms with Crippen molar-refractivity contribution in [3.8, 4) is 0 Å². The third-order valence-corrected chi connectivity index (χ3v) is 7.68. The second kappa shape index (κ2) is 6.72. The summed E-state index contributed by atoms with van der Waals surface area (Å²) in [5.74, 6) is -0.135. The Morgan fingerprint density at radius 2 is 1.85 bits per heavy atom. The summed E-state index contributed by atoms with van der Waals surface area (Å²) in [6.07, 6.45) is 1.35. The zero-order valence-electron chi connectivity index (χ0n) is 15.3. The highest BCUT2D eigenvalue weighted by atomic mass is 79.9. The van der Waals surface area contributed by atoms with Gasteiger partial charge in [0.25, 0.3) is 0 Å². The third kappa shape index (κ3) is 3.11. The third-order valence-electron chi connectivity index (χ3n) is 5.37. The SMILES string of the molecule is CC(=O)N1c2c(cc(Br)cc2S(=O)(=O)N2CCc3ccccc3C2)CC1C. The van der Waals surface area contributed by atoms with Gasteiger partial charge in [-0.3, -0.25) is 4.79 Å². The van der Waals surface area contributed by atoms with Crippen LogP contribution in [0, 0.1) is 0 Å². The fraction of sp³-hybridized carbons (Fsp3) is 0.350. The first kappa shape index (κ1) is 18.7. The van der Waals surface area contributed by atoms with Crippen LogP contribution in [-0.4, -0.2) is 31.2 Å². The molecular weight excluding hydrogens is 428 g/mol. The van der Waals surface area contributed by atoms with E-state index < -0.39 is 10.0 Å². The van der Waals surface area contributed by atoms with E-state index in [1.54, 1.807) is 11.0 Å². The van der Waals surface area contributed by atoms with Crippen molar-refractivity contribution in [2.75, 3.05) is 11.4 Å². The summed E-state index contributed by atoms with van der Waals surface area (Å²) in [4.78, 5) is 14.1. The topological polar surface area (TPSA) is 57.7 Å². The van der Waals surface area contributed by atoms with E-state index in [1.807, 2.05) is 31.2 Å². The maximum atomic E-state index is 13.6. The molecule has 7 heteroatoms. The molecule has 0 aliphatic carbocycles. The number of amides is 1. The first-order valence-corrected chi connectivity index (χ1v) is 11.2. The van der Waals surface area contributed by atoms with Crippen molar-refractivity contribution in [3.63, 3.8) is 0 Å². The number of benzene rings is 2. The number of halogens is 1. The number of hydrogen-bond donors (Lipinski definition) is 0. The molecule has 0 spiro atoms. The summed E-state index contributed by atoms with van der Waals surface area (Å²) in [7, 11) is -3.73. The molecule has 0 aromatic heterocycles. The predicted molar refractivity (Wildman–Crippen MR) is 108 cm³/mol. The van der Waals surface area contributed by atoms with E-state index in [0.717, 1.165) is 15.6 Å². The van der Waals surface area contributed by atoms with Gasteiger partial charge in [0.1, 0.15) is 4.90 Å². The molecule has 0 saturated carbocycles. The number of hydrogen-bond acceptors (Lipinski definition) is 3. The lowest BCUT2D eigenvalue weighted by Gasteiger charge is -2.30. The van der Waals surface area contributed by atoms with Gasteiger partial charge in [-0.1, -0.05) is 40.2 Å². The highest BCUT2D eigenvalue weighted by molar-refractivity contribution is 9.10. The quantitative estimate of drug-likeness (QED) is 0.706. The molecule has 5 nitrogen and oxygen atoms in total. The van der Waals surface area contributed by atoms with Crippen LogP contribution in [0.4, 0.5) is 5.69 Å². The molecule has 0 bridgehead atoms. The van der Waals surface area contributed by atoms with Gasteiger partial charge in [0.15, 0.2) is 0 Å². The lowest BCUT2D eigenvalue weighted by Crippen LogP contribution is -2.38. The zero-order chi connectivity index (χ0) is 19.3. The number of rotatable bonds is 2. The standard InChI is InChI=1S/C20H21BrN2O3S/c1-13-9-17-10-18(21)11-19(20(17)23(13)14(2)24)27(25,26)22-8-7-15-5-3-4-6-16(15)12-22/h3-6,10-11,13H,7-9,12H2,1-2H3. The Morgan fingerprint density at radius 1 is 1.15 bits per heavy atom.